The molecule has 0 aromatic carbocycles. The molecule has 4 nitrogen and oxygen atoms in total. The van der Waals surface area contributed by atoms with Crippen LogP contribution < -0.4 is 10.7 Å². The smallest absolute Gasteiger partial charge is 0.185 e. The molecule has 0 aliphatic carbocycles. The summed E-state index contributed by atoms with van der Waals surface area (Å²) in [5, 5.41) is 11.9. The van der Waals surface area contributed by atoms with Crippen LogP contribution in [0.1, 0.15) is 6.92 Å². The highest BCUT2D eigenvalue weighted by atomic mass is 35.5. The summed E-state index contributed by atoms with van der Waals surface area (Å²) < 4.78 is 0. The fourth-order valence-corrected chi connectivity index (χ4v) is 1.11. The van der Waals surface area contributed by atoms with Crippen LogP contribution in [0.4, 0.5) is 5.82 Å². The van der Waals surface area contributed by atoms with E-state index < -0.39 is 0 Å². The minimum atomic E-state index is -0.170. The van der Waals surface area contributed by atoms with E-state index in [1.54, 1.807) is 6.92 Å². The van der Waals surface area contributed by atoms with Crippen molar-refractivity contribution in [3.8, 4) is 0 Å². The molecule has 13 heavy (non-hydrogen) atoms. The number of hydrogen-bond acceptors (Lipinski definition) is 3. The molecule has 72 valence electrons. The number of H-pyrrole nitrogens is 1. The molecule has 0 saturated heterocycles. The Morgan fingerprint density at radius 3 is 2.92 bits per heavy atom. The third kappa shape index (κ3) is 3.08. The molecule has 0 fully saturated rings. The van der Waals surface area contributed by atoms with Crippen molar-refractivity contribution in [3.05, 3.63) is 27.5 Å². The number of pyridine rings is 1. The van der Waals surface area contributed by atoms with Crippen molar-refractivity contribution in [1.29, 1.82) is 0 Å². The molecule has 0 spiro atoms. The molecule has 0 bridgehead atoms. The van der Waals surface area contributed by atoms with Gasteiger partial charge in [0.1, 0.15) is 11.0 Å². The van der Waals surface area contributed by atoms with Crippen LogP contribution in [0.15, 0.2) is 16.9 Å². The van der Waals surface area contributed by atoms with E-state index in [4.69, 9.17) is 16.7 Å². The van der Waals surface area contributed by atoms with Crippen molar-refractivity contribution in [1.82, 2.24) is 4.98 Å². The number of aromatic amines is 1. The third-order valence-electron chi connectivity index (χ3n) is 1.49. The van der Waals surface area contributed by atoms with Crippen molar-refractivity contribution >= 4 is 17.4 Å². The summed E-state index contributed by atoms with van der Waals surface area (Å²) in [6.07, 6.45) is 0. The lowest BCUT2D eigenvalue weighted by molar-refractivity contribution is 0.281. The van der Waals surface area contributed by atoms with Gasteiger partial charge in [-0.2, -0.15) is 0 Å². The lowest BCUT2D eigenvalue weighted by atomic mass is 10.3. The standard InChI is InChI=1S/C8H11ClN2O2/c1-5(4-12)10-8-3-6(13)2-7(9)11-8/h2-3,5,12H,4H2,1H3,(H2,10,11,13). The Bertz CT molecular complexity index is 337. The summed E-state index contributed by atoms with van der Waals surface area (Å²) in [7, 11) is 0. The number of halogens is 1. The maximum absolute atomic E-state index is 11.0. The number of rotatable bonds is 3. The summed E-state index contributed by atoms with van der Waals surface area (Å²) in [4.78, 5) is 13.7. The van der Waals surface area contributed by atoms with Crippen molar-refractivity contribution in [2.75, 3.05) is 11.9 Å². The SMILES string of the molecule is CC(CO)Nc1cc(=O)cc(Cl)[nH]1. The maximum Gasteiger partial charge on any atom is 0.185 e. The van der Waals surface area contributed by atoms with Crippen molar-refractivity contribution in [3.63, 3.8) is 0 Å². The number of hydrogen-bond donors (Lipinski definition) is 3. The first-order chi connectivity index (χ1) is 6.11. The third-order valence-corrected chi connectivity index (χ3v) is 1.69. The van der Waals surface area contributed by atoms with Crippen LogP contribution in [0.3, 0.4) is 0 Å². The topological polar surface area (TPSA) is 65.1 Å². The average Bonchev–Trinajstić information content (AvgIpc) is 2.02. The normalized spacial score (nSPS) is 12.5. The fraction of sp³-hybridized carbons (Fsp3) is 0.375. The van der Waals surface area contributed by atoms with E-state index in [0.29, 0.717) is 5.82 Å². The van der Waals surface area contributed by atoms with Gasteiger partial charge in [0.15, 0.2) is 5.43 Å². The van der Waals surface area contributed by atoms with Crippen molar-refractivity contribution < 1.29 is 5.11 Å². The molecular formula is C8H11ClN2O2. The molecule has 1 unspecified atom stereocenters. The van der Waals surface area contributed by atoms with Crippen LogP contribution in [0, 0.1) is 0 Å². The van der Waals surface area contributed by atoms with E-state index in [1.807, 2.05) is 0 Å². The van der Waals surface area contributed by atoms with Gasteiger partial charge in [-0.3, -0.25) is 4.79 Å². The Hall–Kier alpha value is -1.00. The average molecular weight is 203 g/mol. The van der Waals surface area contributed by atoms with Gasteiger partial charge in [-0.1, -0.05) is 11.6 Å². The molecule has 1 aromatic rings. The molecule has 0 amide bonds. The molecule has 3 N–H and O–H groups in total. The second-order valence-electron chi connectivity index (χ2n) is 2.81. The molecule has 0 saturated carbocycles. The zero-order valence-electron chi connectivity index (χ0n) is 7.17. The zero-order valence-corrected chi connectivity index (χ0v) is 7.93. The molecular weight excluding hydrogens is 192 g/mol. The number of nitrogens with one attached hydrogen (secondary N) is 2. The highest BCUT2D eigenvalue weighted by Gasteiger charge is 2.01. The molecule has 1 atom stereocenters. The molecule has 1 aromatic heterocycles. The van der Waals surface area contributed by atoms with Gasteiger partial charge < -0.3 is 15.4 Å². The second-order valence-corrected chi connectivity index (χ2v) is 3.21. The van der Waals surface area contributed by atoms with Gasteiger partial charge in [0.05, 0.1) is 6.61 Å². The molecule has 0 aliphatic rings. The number of aromatic nitrogens is 1. The lowest BCUT2D eigenvalue weighted by Crippen LogP contribution is -2.21. The van der Waals surface area contributed by atoms with Gasteiger partial charge in [-0.15, -0.1) is 0 Å². The van der Waals surface area contributed by atoms with Gasteiger partial charge in [-0.05, 0) is 6.92 Å². The summed E-state index contributed by atoms with van der Waals surface area (Å²) in [6.45, 7) is 1.79. The van der Waals surface area contributed by atoms with E-state index >= 15 is 0 Å². The fourth-order valence-electron chi connectivity index (χ4n) is 0.898. The van der Waals surface area contributed by atoms with Crippen LogP contribution in [-0.4, -0.2) is 22.7 Å². The van der Waals surface area contributed by atoms with Gasteiger partial charge in [0.25, 0.3) is 0 Å². The predicted molar refractivity (Wildman–Crippen MR) is 52.2 cm³/mol. The summed E-state index contributed by atoms with van der Waals surface area (Å²) in [5.41, 5.74) is -0.170. The maximum atomic E-state index is 11.0. The lowest BCUT2D eigenvalue weighted by Gasteiger charge is -2.11. The Kier molecular flexibility index (Phi) is 3.33. The van der Waals surface area contributed by atoms with Gasteiger partial charge >= 0.3 is 0 Å². The van der Waals surface area contributed by atoms with Crippen LogP contribution in [-0.2, 0) is 0 Å². The first-order valence-electron chi connectivity index (χ1n) is 3.89. The number of aliphatic hydroxyl groups excluding tert-OH is 1. The van der Waals surface area contributed by atoms with Crippen LogP contribution in [0.5, 0.6) is 0 Å². The van der Waals surface area contributed by atoms with E-state index in [1.165, 1.54) is 12.1 Å². The van der Waals surface area contributed by atoms with Crippen LogP contribution in [0.25, 0.3) is 0 Å². The van der Waals surface area contributed by atoms with Gasteiger partial charge in [0.2, 0.25) is 0 Å². The zero-order chi connectivity index (χ0) is 9.84. The monoisotopic (exact) mass is 202 g/mol. The van der Waals surface area contributed by atoms with Gasteiger partial charge in [0, 0.05) is 18.2 Å². The summed E-state index contributed by atoms with van der Waals surface area (Å²) in [5.74, 6) is 0.513. The molecule has 5 heteroatoms. The van der Waals surface area contributed by atoms with Crippen LogP contribution >= 0.6 is 11.6 Å². The van der Waals surface area contributed by atoms with Crippen molar-refractivity contribution in [2.45, 2.75) is 13.0 Å². The summed E-state index contributed by atoms with van der Waals surface area (Å²) in [6, 6.07) is 2.56. The van der Waals surface area contributed by atoms with Crippen molar-refractivity contribution in [2.24, 2.45) is 0 Å². The van der Waals surface area contributed by atoms with Gasteiger partial charge in [-0.25, -0.2) is 0 Å². The van der Waals surface area contributed by atoms with E-state index in [0.717, 1.165) is 0 Å². The Labute approximate surface area is 80.6 Å². The summed E-state index contributed by atoms with van der Waals surface area (Å²) >= 11 is 5.62. The number of aliphatic hydroxyl groups is 1. The number of anilines is 1. The highest BCUT2D eigenvalue weighted by Crippen LogP contribution is 2.06. The Morgan fingerprint density at radius 1 is 1.69 bits per heavy atom. The largest absolute Gasteiger partial charge is 0.394 e. The first-order valence-corrected chi connectivity index (χ1v) is 4.27. The quantitative estimate of drug-likeness (QED) is 0.636. The predicted octanol–water partition coefficient (Wildman–Crippen LogP) is 0.821. The first kappa shape index (κ1) is 10.1. The molecule has 0 aliphatic heterocycles. The van der Waals surface area contributed by atoms with Crippen LogP contribution in [0.2, 0.25) is 5.15 Å². The molecule has 1 rings (SSSR count). The highest BCUT2D eigenvalue weighted by molar-refractivity contribution is 6.29. The van der Waals surface area contributed by atoms with E-state index in [9.17, 15) is 4.79 Å². The van der Waals surface area contributed by atoms with E-state index in [-0.39, 0.29) is 23.2 Å². The van der Waals surface area contributed by atoms with E-state index in [2.05, 4.69) is 10.3 Å². The molecule has 0 radical (unpaired) electrons. The second kappa shape index (κ2) is 4.30. The minimum Gasteiger partial charge on any atom is -0.394 e. The molecule has 1 heterocycles. The Morgan fingerprint density at radius 2 is 2.38 bits per heavy atom. The Balaban J connectivity index is 2.83. The minimum absolute atomic E-state index is 0.00541.